The summed E-state index contributed by atoms with van der Waals surface area (Å²) in [5, 5.41) is 0. The van der Waals surface area contributed by atoms with Crippen molar-refractivity contribution in [2.24, 2.45) is 0 Å². The summed E-state index contributed by atoms with van der Waals surface area (Å²) in [7, 11) is 0. The average Bonchev–Trinajstić information content (AvgIpc) is 2.27. The maximum Gasteiger partial charge on any atom is 0.126 e. The van der Waals surface area contributed by atoms with E-state index in [-0.39, 0.29) is 5.82 Å². The molecule has 2 aromatic carbocycles. The molecule has 0 saturated carbocycles. The van der Waals surface area contributed by atoms with Gasteiger partial charge in [-0.2, -0.15) is 0 Å². The Kier molecular flexibility index (Phi) is 3.39. The maximum atomic E-state index is 13.3. The summed E-state index contributed by atoms with van der Waals surface area (Å²) >= 11 is 3.39. The van der Waals surface area contributed by atoms with Gasteiger partial charge in [-0.15, -0.1) is 0 Å². The summed E-state index contributed by atoms with van der Waals surface area (Å²) in [6, 6.07) is 13.5. The summed E-state index contributed by atoms with van der Waals surface area (Å²) in [6.07, 6.45) is 0.768. The molecule has 2 heteroatoms. The van der Waals surface area contributed by atoms with Gasteiger partial charge in [0.2, 0.25) is 0 Å². The summed E-state index contributed by atoms with van der Waals surface area (Å²) in [4.78, 5) is 0. The molecule has 82 valence electrons. The smallest absolute Gasteiger partial charge is 0.126 e. The Morgan fingerprint density at radius 1 is 1.00 bits per heavy atom. The van der Waals surface area contributed by atoms with Crippen LogP contribution in [0.3, 0.4) is 0 Å². The summed E-state index contributed by atoms with van der Waals surface area (Å²) < 4.78 is 14.4. The Morgan fingerprint density at radius 2 is 1.62 bits per heavy atom. The van der Waals surface area contributed by atoms with Gasteiger partial charge < -0.3 is 0 Å². The van der Waals surface area contributed by atoms with Crippen molar-refractivity contribution in [3.8, 4) is 0 Å². The molecule has 0 aromatic heterocycles. The molecule has 0 spiro atoms. The molecule has 0 aliphatic heterocycles. The number of benzene rings is 2. The SMILES string of the molecule is Cc1ccc(Cc2ccc(Br)cc2)cc1F. The third-order valence-corrected chi connectivity index (χ3v) is 3.09. The highest BCUT2D eigenvalue weighted by Gasteiger charge is 2.00. The van der Waals surface area contributed by atoms with Gasteiger partial charge in [-0.1, -0.05) is 40.2 Å². The van der Waals surface area contributed by atoms with E-state index >= 15 is 0 Å². The van der Waals surface area contributed by atoms with Crippen LogP contribution in [0.15, 0.2) is 46.9 Å². The number of hydrogen-bond acceptors (Lipinski definition) is 0. The lowest BCUT2D eigenvalue weighted by Crippen LogP contribution is -1.90. The summed E-state index contributed by atoms with van der Waals surface area (Å²) in [5.74, 6) is -0.130. The molecule has 0 nitrogen and oxygen atoms in total. The molecule has 0 radical (unpaired) electrons. The lowest BCUT2D eigenvalue weighted by Gasteiger charge is -2.04. The molecule has 0 heterocycles. The Morgan fingerprint density at radius 3 is 2.25 bits per heavy atom. The van der Waals surface area contributed by atoms with Crippen molar-refractivity contribution in [3.05, 3.63) is 69.4 Å². The van der Waals surface area contributed by atoms with Crippen LogP contribution in [0.4, 0.5) is 4.39 Å². The molecule has 0 N–H and O–H groups in total. The average molecular weight is 279 g/mol. The van der Waals surface area contributed by atoms with Crippen LogP contribution in [0.25, 0.3) is 0 Å². The van der Waals surface area contributed by atoms with Crippen molar-refractivity contribution < 1.29 is 4.39 Å². The molecule has 0 fully saturated rings. The minimum atomic E-state index is -0.130. The van der Waals surface area contributed by atoms with Crippen LogP contribution in [0.2, 0.25) is 0 Å². The third-order valence-electron chi connectivity index (χ3n) is 2.56. The first-order valence-electron chi connectivity index (χ1n) is 5.14. The van der Waals surface area contributed by atoms with E-state index in [2.05, 4.69) is 15.9 Å². The normalized spacial score (nSPS) is 10.4. The van der Waals surface area contributed by atoms with Crippen LogP contribution in [0, 0.1) is 12.7 Å². The minimum Gasteiger partial charge on any atom is -0.207 e. The quantitative estimate of drug-likeness (QED) is 0.760. The highest BCUT2D eigenvalue weighted by atomic mass is 79.9. The van der Waals surface area contributed by atoms with Crippen LogP contribution < -0.4 is 0 Å². The van der Waals surface area contributed by atoms with Crippen molar-refractivity contribution in [2.45, 2.75) is 13.3 Å². The van der Waals surface area contributed by atoms with Gasteiger partial charge in [-0.3, -0.25) is 0 Å². The summed E-state index contributed by atoms with van der Waals surface area (Å²) in [5.41, 5.74) is 2.89. The molecular formula is C14H12BrF. The first-order chi connectivity index (χ1) is 7.65. The van der Waals surface area contributed by atoms with E-state index in [1.807, 2.05) is 36.4 Å². The number of aryl methyl sites for hydroxylation is 1. The van der Waals surface area contributed by atoms with Crippen molar-refractivity contribution in [1.29, 1.82) is 0 Å². The molecule has 16 heavy (non-hydrogen) atoms. The highest BCUT2D eigenvalue weighted by molar-refractivity contribution is 9.10. The highest BCUT2D eigenvalue weighted by Crippen LogP contribution is 2.16. The summed E-state index contributed by atoms with van der Waals surface area (Å²) in [6.45, 7) is 1.78. The van der Waals surface area contributed by atoms with Crippen molar-refractivity contribution >= 4 is 15.9 Å². The van der Waals surface area contributed by atoms with E-state index in [1.54, 1.807) is 13.0 Å². The topological polar surface area (TPSA) is 0 Å². The van der Waals surface area contributed by atoms with Crippen molar-refractivity contribution in [2.75, 3.05) is 0 Å². The predicted molar refractivity (Wildman–Crippen MR) is 68.1 cm³/mol. The first-order valence-corrected chi connectivity index (χ1v) is 5.94. The van der Waals surface area contributed by atoms with Gasteiger partial charge in [-0.25, -0.2) is 4.39 Å². The zero-order valence-corrected chi connectivity index (χ0v) is 10.6. The van der Waals surface area contributed by atoms with E-state index in [1.165, 1.54) is 5.56 Å². The number of hydrogen-bond donors (Lipinski definition) is 0. The van der Waals surface area contributed by atoms with E-state index in [0.29, 0.717) is 5.56 Å². The molecule has 2 rings (SSSR count). The van der Waals surface area contributed by atoms with Gasteiger partial charge in [0.1, 0.15) is 5.82 Å². The Bertz CT molecular complexity index is 489. The second-order valence-electron chi connectivity index (χ2n) is 3.89. The van der Waals surface area contributed by atoms with E-state index in [9.17, 15) is 4.39 Å². The molecular weight excluding hydrogens is 267 g/mol. The Hall–Kier alpha value is -1.15. The van der Waals surface area contributed by atoms with E-state index < -0.39 is 0 Å². The molecule has 0 aliphatic rings. The van der Waals surface area contributed by atoms with Gasteiger partial charge in [0.15, 0.2) is 0 Å². The molecule has 0 bridgehead atoms. The fourth-order valence-corrected chi connectivity index (χ4v) is 1.85. The molecule has 0 atom stereocenters. The molecule has 2 aromatic rings. The molecule has 0 saturated heterocycles. The van der Waals surface area contributed by atoms with Crippen LogP contribution >= 0.6 is 15.9 Å². The van der Waals surface area contributed by atoms with Crippen LogP contribution in [0.5, 0.6) is 0 Å². The third kappa shape index (κ3) is 2.70. The van der Waals surface area contributed by atoms with Gasteiger partial charge in [-0.05, 0) is 48.2 Å². The Labute approximate surface area is 103 Å². The van der Waals surface area contributed by atoms with Gasteiger partial charge in [0.25, 0.3) is 0 Å². The molecule has 0 amide bonds. The zero-order valence-electron chi connectivity index (χ0n) is 9.00. The van der Waals surface area contributed by atoms with Crippen LogP contribution in [-0.2, 0) is 6.42 Å². The zero-order chi connectivity index (χ0) is 11.5. The largest absolute Gasteiger partial charge is 0.207 e. The number of rotatable bonds is 2. The standard InChI is InChI=1S/C14H12BrF/c1-10-2-3-12(9-14(10)16)8-11-4-6-13(15)7-5-11/h2-7,9H,8H2,1H3. The van der Waals surface area contributed by atoms with Crippen molar-refractivity contribution in [1.82, 2.24) is 0 Å². The van der Waals surface area contributed by atoms with Crippen molar-refractivity contribution in [3.63, 3.8) is 0 Å². The van der Waals surface area contributed by atoms with Crippen LogP contribution in [-0.4, -0.2) is 0 Å². The molecule has 0 aliphatic carbocycles. The van der Waals surface area contributed by atoms with E-state index in [4.69, 9.17) is 0 Å². The first kappa shape index (κ1) is 11.3. The maximum absolute atomic E-state index is 13.3. The fraction of sp³-hybridized carbons (Fsp3) is 0.143. The second-order valence-corrected chi connectivity index (χ2v) is 4.80. The lowest BCUT2D eigenvalue weighted by molar-refractivity contribution is 0.616. The Balaban J connectivity index is 2.20. The van der Waals surface area contributed by atoms with E-state index in [0.717, 1.165) is 16.5 Å². The number of halogens is 2. The monoisotopic (exact) mass is 278 g/mol. The predicted octanol–water partition coefficient (Wildman–Crippen LogP) is 4.49. The van der Waals surface area contributed by atoms with Crippen LogP contribution in [0.1, 0.15) is 16.7 Å². The minimum absolute atomic E-state index is 0.130. The fourth-order valence-electron chi connectivity index (χ4n) is 1.58. The van der Waals surface area contributed by atoms with Gasteiger partial charge >= 0.3 is 0 Å². The van der Waals surface area contributed by atoms with Gasteiger partial charge in [0, 0.05) is 4.47 Å². The lowest BCUT2D eigenvalue weighted by atomic mass is 10.0. The van der Waals surface area contributed by atoms with Gasteiger partial charge in [0.05, 0.1) is 0 Å². The molecule has 0 unspecified atom stereocenters. The second kappa shape index (κ2) is 4.79.